The van der Waals surface area contributed by atoms with Crippen LogP contribution in [0.25, 0.3) is 0 Å². The van der Waals surface area contributed by atoms with Gasteiger partial charge in [-0.05, 0) is 54.7 Å². The second kappa shape index (κ2) is 6.50. The number of rotatable bonds is 2. The molecule has 2 N–H and O–H groups in total. The number of benzene rings is 2. The van der Waals surface area contributed by atoms with E-state index in [1.54, 1.807) is 0 Å². The second-order valence-corrected chi connectivity index (χ2v) is 5.12. The van der Waals surface area contributed by atoms with Gasteiger partial charge in [0.2, 0.25) is 0 Å². The molecule has 0 aliphatic heterocycles. The topological polar surface area (TPSA) is 24.1 Å². The summed E-state index contributed by atoms with van der Waals surface area (Å²) in [4.78, 5) is 0. The van der Waals surface area contributed by atoms with Gasteiger partial charge in [0, 0.05) is 10.7 Å². The van der Waals surface area contributed by atoms with E-state index in [0.29, 0.717) is 5.69 Å². The van der Waals surface area contributed by atoms with E-state index in [-0.39, 0.29) is 15.8 Å². The summed E-state index contributed by atoms with van der Waals surface area (Å²) in [6, 6.07) is 8.54. The van der Waals surface area contributed by atoms with Crippen molar-refractivity contribution in [3.05, 3.63) is 58.9 Å². The van der Waals surface area contributed by atoms with Crippen LogP contribution < -0.4 is 10.6 Å². The SMILES string of the molecule is Fc1ccc(NC(=S)Nc2ccc(Cl)cc2C(F)(F)F)cc1. The molecule has 0 aliphatic rings. The Morgan fingerprint density at radius 2 is 1.64 bits per heavy atom. The molecule has 116 valence electrons. The van der Waals surface area contributed by atoms with Gasteiger partial charge in [-0.1, -0.05) is 11.6 Å². The normalized spacial score (nSPS) is 11.1. The van der Waals surface area contributed by atoms with Crippen LogP contribution in [0.2, 0.25) is 5.02 Å². The Hall–Kier alpha value is -1.86. The molecule has 0 atom stereocenters. The molecule has 2 rings (SSSR count). The maximum absolute atomic E-state index is 12.9. The van der Waals surface area contributed by atoms with Gasteiger partial charge in [-0.25, -0.2) is 4.39 Å². The van der Waals surface area contributed by atoms with Gasteiger partial charge in [0.1, 0.15) is 5.82 Å². The maximum Gasteiger partial charge on any atom is 0.418 e. The van der Waals surface area contributed by atoms with Gasteiger partial charge in [0.05, 0.1) is 11.3 Å². The number of alkyl halides is 3. The van der Waals surface area contributed by atoms with Crippen molar-refractivity contribution in [3.8, 4) is 0 Å². The smallest absolute Gasteiger partial charge is 0.332 e. The minimum absolute atomic E-state index is 0.0321. The van der Waals surface area contributed by atoms with E-state index in [9.17, 15) is 17.6 Å². The van der Waals surface area contributed by atoms with E-state index in [1.807, 2.05) is 0 Å². The predicted molar refractivity (Wildman–Crippen MR) is 82.7 cm³/mol. The molecule has 2 aromatic carbocycles. The molecule has 0 heterocycles. The van der Waals surface area contributed by atoms with Crippen molar-refractivity contribution in [3.63, 3.8) is 0 Å². The Kier molecular flexibility index (Phi) is 4.87. The van der Waals surface area contributed by atoms with Crippen LogP contribution in [0.4, 0.5) is 28.9 Å². The molecule has 8 heteroatoms. The zero-order chi connectivity index (χ0) is 16.3. The summed E-state index contributed by atoms with van der Waals surface area (Å²) in [5, 5.41) is 5.03. The molecule has 22 heavy (non-hydrogen) atoms. The molecule has 2 nitrogen and oxygen atoms in total. The number of nitrogens with one attached hydrogen (secondary N) is 2. The highest BCUT2D eigenvalue weighted by Gasteiger charge is 2.34. The minimum Gasteiger partial charge on any atom is -0.332 e. The Labute approximate surface area is 134 Å². The minimum atomic E-state index is -4.57. The van der Waals surface area contributed by atoms with Crippen molar-refractivity contribution < 1.29 is 17.6 Å². The molecule has 0 saturated carbocycles. The van der Waals surface area contributed by atoms with Gasteiger partial charge >= 0.3 is 6.18 Å². The van der Waals surface area contributed by atoms with Crippen molar-refractivity contribution in [2.45, 2.75) is 6.18 Å². The highest BCUT2D eigenvalue weighted by molar-refractivity contribution is 7.80. The van der Waals surface area contributed by atoms with Gasteiger partial charge in [-0.3, -0.25) is 0 Å². The molecule has 0 fully saturated rings. The quantitative estimate of drug-likeness (QED) is 0.568. The van der Waals surface area contributed by atoms with E-state index >= 15 is 0 Å². The lowest BCUT2D eigenvalue weighted by atomic mass is 10.1. The first-order chi connectivity index (χ1) is 10.3. The van der Waals surface area contributed by atoms with Crippen LogP contribution in [0, 0.1) is 5.82 Å². The van der Waals surface area contributed by atoms with Crippen molar-refractivity contribution in [1.29, 1.82) is 0 Å². The first kappa shape index (κ1) is 16.5. The van der Waals surface area contributed by atoms with Crippen molar-refractivity contribution in [1.82, 2.24) is 0 Å². The van der Waals surface area contributed by atoms with E-state index in [1.165, 1.54) is 36.4 Å². The summed E-state index contributed by atoms with van der Waals surface area (Å²) in [5.74, 6) is -0.429. The van der Waals surface area contributed by atoms with E-state index < -0.39 is 17.6 Å². The average Bonchev–Trinajstić information content (AvgIpc) is 2.42. The highest BCUT2D eigenvalue weighted by Crippen LogP contribution is 2.36. The predicted octanol–water partition coefficient (Wildman–Crippen LogP) is 5.31. The van der Waals surface area contributed by atoms with Crippen LogP contribution in [0.3, 0.4) is 0 Å². The monoisotopic (exact) mass is 348 g/mol. The van der Waals surface area contributed by atoms with Crippen LogP contribution in [0.5, 0.6) is 0 Å². The van der Waals surface area contributed by atoms with E-state index in [4.69, 9.17) is 23.8 Å². The number of hydrogen-bond acceptors (Lipinski definition) is 1. The summed E-state index contributed by atoms with van der Waals surface area (Å²) in [6.07, 6.45) is -4.57. The molecule has 0 bridgehead atoms. The lowest BCUT2D eigenvalue weighted by molar-refractivity contribution is -0.136. The molecular weight excluding hydrogens is 340 g/mol. The first-order valence-corrected chi connectivity index (χ1v) is 6.74. The summed E-state index contributed by atoms with van der Waals surface area (Å²) in [6.45, 7) is 0. The lowest BCUT2D eigenvalue weighted by Gasteiger charge is -2.16. The Balaban J connectivity index is 2.16. The van der Waals surface area contributed by atoms with Gasteiger partial charge < -0.3 is 10.6 Å². The number of anilines is 2. The maximum atomic E-state index is 12.9. The first-order valence-electron chi connectivity index (χ1n) is 5.96. The third-order valence-corrected chi connectivity index (χ3v) is 3.08. The van der Waals surface area contributed by atoms with Crippen LogP contribution >= 0.6 is 23.8 Å². The third-order valence-electron chi connectivity index (χ3n) is 2.64. The molecule has 0 unspecified atom stereocenters. The fourth-order valence-corrected chi connectivity index (χ4v) is 2.08. The van der Waals surface area contributed by atoms with Crippen molar-refractivity contribution in [2.75, 3.05) is 10.6 Å². The molecular formula is C14H9ClF4N2S. The zero-order valence-corrected chi connectivity index (χ0v) is 12.4. The standard InChI is InChI=1S/C14H9ClF4N2S/c15-8-1-6-12(11(7-8)14(17,18)19)21-13(22)20-10-4-2-9(16)3-5-10/h1-7H,(H2,20,21,22). The fraction of sp³-hybridized carbons (Fsp3) is 0.0714. The van der Waals surface area contributed by atoms with Gasteiger partial charge in [-0.2, -0.15) is 13.2 Å². The van der Waals surface area contributed by atoms with Crippen LogP contribution in [0.1, 0.15) is 5.56 Å². The molecule has 0 saturated heterocycles. The molecule has 0 spiro atoms. The summed E-state index contributed by atoms with van der Waals surface area (Å²) in [5.41, 5.74) is -0.707. The van der Waals surface area contributed by atoms with Crippen LogP contribution in [-0.2, 0) is 6.18 Å². The average molecular weight is 349 g/mol. The Bertz CT molecular complexity index is 686. The van der Waals surface area contributed by atoms with E-state index in [0.717, 1.165) is 6.07 Å². The fourth-order valence-electron chi connectivity index (χ4n) is 1.68. The van der Waals surface area contributed by atoms with Gasteiger partial charge in [0.25, 0.3) is 0 Å². The molecule has 0 aromatic heterocycles. The Morgan fingerprint density at radius 3 is 2.23 bits per heavy atom. The number of halogens is 5. The van der Waals surface area contributed by atoms with E-state index in [2.05, 4.69) is 10.6 Å². The third kappa shape index (κ3) is 4.32. The molecule has 0 amide bonds. The highest BCUT2D eigenvalue weighted by atomic mass is 35.5. The Morgan fingerprint density at radius 1 is 1.00 bits per heavy atom. The van der Waals surface area contributed by atoms with Crippen LogP contribution in [-0.4, -0.2) is 5.11 Å². The van der Waals surface area contributed by atoms with Crippen molar-refractivity contribution >= 4 is 40.3 Å². The molecule has 0 radical (unpaired) electrons. The van der Waals surface area contributed by atoms with Crippen LogP contribution in [0.15, 0.2) is 42.5 Å². The zero-order valence-electron chi connectivity index (χ0n) is 10.8. The lowest BCUT2D eigenvalue weighted by Crippen LogP contribution is -2.21. The van der Waals surface area contributed by atoms with Gasteiger partial charge in [-0.15, -0.1) is 0 Å². The summed E-state index contributed by atoms with van der Waals surface area (Å²) in [7, 11) is 0. The summed E-state index contributed by atoms with van der Waals surface area (Å²) >= 11 is 10.5. The summed E-state index contributed by atoms with van der Waals surface area (Å²) < 4.78 is 51.6. The molecule has 2 aromatic rings. The second-order valence-electron chi connectivity index (χ2n) is 4.27. The molecule has 0 aliphatic carbocycles. The van der Waals surface area contributed by atoms with Crippen molar-refractivity contribution in [2.24, 2.45) is 0 Å². The number of hydrogen-bond donors (Lipinski definition) is 2. The number of thiocarbonyl (C=S) groups is 1. The largest absolute Gasteiger partial charge is 0.418 e. The van der Waals surface area contributed by atoms with Gasteiger partial charge in [0.15, 0.2) is 5.11 Å².